The molecule has 2 N–H and O–H groups in total. The Hall–Kier alpha value is -2.00. The van der Waals surface area contributed by atoms with Gasteiger partial charge in [-0.1, -0.05) is 6.92 Å². The highest BCUT2D eigenvalue weighted by Gasteiger charge is 2.63. The molecule has 0 aromatic carbocycles. The smallest absolute Gasteiger partial charge is 0.330 e. The van der Waals surface area contributed by atoms with Crippen LogP contribution in [0.25, 0.3) is 0 Å². The Morgan fingerprint density at radius 3 is 2.75 bits per heavy atom. The molecule has 1 aromatic rings. The molecule has 24 heavy (non-hydrogen) atoms. The van der Waals surface area contributed by atoms with Crippen molar-refractivity contribution < 1.29 is 23.8 Å². The van der Waals surface area contributed by atoms with E-state index >= 15 is 4.39 Å². The summed E-state index contributed by atoms with van der Waals surface area (Å²) >= 11 is 0. The second-order valence-corrected chi connectivity index (χ2v) is 6.12. The average Bonchev–Trinajstić information content (AvgIpc) is 2.65. The molecule has 1 saturated heterocycles. The number of aliphatic hydroxyl groups is 1. The van der Waals surface area contributed by atoms with E-state index in [9.17, 15) is 19.5 Å². The quantitative estimate of drug-likeness (QED) is 0.741. The number of halogens is 1. The van der Waals surface area contributed by atoms with Gasteiger partial charge in [0.1, 0.15) is 18.3 Å². The molecule has 1 aliphatic heterocycles. The van der Waals surface area contributed by atoms with Gasteiger partial charge < -0.3 is 19.6 Å². The van der Waals surface area contributed by atoms with E-state index in [0.29, 0.717) is 11.0 Å². The number of rotatable bonds is 5. The lowest BCUT2D eigenvalue weighted by Crippen LogP contribution is -2.54. The Balaban J connectivity index is 2.31. The highest BCUT2D eigenvalue weighted by Crippen LogP contribution is 2.47. The number of aromatic nitrogens is 2. The zero-order chi connectivity index (χ0) is 18.1. The fraction of sp³-hybridized carbons (Fsp3) is 0.667. The van der Waals surface area contributed by atoms with Gasteiger partial charge in [-0.05, 0) is 20.3 Å². The maximum Gasteiger partial charge on any atom is 0.330 e. The molecule has 1 aliphatic rings. The van der Waals surface area contributed by atoms with Gasteiger partial charge in [0.2, 0.25) is 0 Å². The van der Waals surface area contributed by atoms with Crippen LogP contribution in [0.2, 0.25) is 0 Å². The Kier molecular flexibility index (Phi) is 4.95. The van der Waals surface area contributed by atoms with Crippen molar-refractivity contribution in [3.63, 3.8) is 0 Å². The number of nitrogens with one attached hydrogen (secondary N) is 1. The van der Waals surface area contributed by atoms with Gasteiger partial charge in [0.05, 0.1) is 0 Å². The monoisotopic (exact) mass is 344 g/mol. The maximum atomic E-state index is 15.2. The van der Waals surface area contributed by atoms with Crippen molar-refractivity contribution in [3.05, 3.63) is 33.1 Å². The number of carbonyl (C=O) groups is 1. The van der Waals surface area contributed by atoms with Gasteiger partial charge in [-0.3, -0.25) is 9.59 Å². The minimum absolute atomic E-state index is 0.184. The van der Waals surface area contributed by atoms with Crippen LogP contribution in [-0.4, -0.2) is 44.6 Å². The molecular weight excluding hydrogens is 323 g/mol. The SMILES string of the molecule is CCCC(=O)OC[C@H]1O[C@@H](n2c(=O)cc[nH]c2=O)[C@](C)(F)[C@]1(C)O. The van der Waals surface area contributed by atoms with E-state index in [1.807, 2.05) is 0 Å². The fourth-order valence-corrected chi connectivity index (χ4v) is 2.59. The van der Waals surface area contributed by atoms with Crippen LogP contribution >= 0.6 is 0 Å². The Morgan fingerprint density at radius 2 is 2.17 bits per heavy atom. The molecule has 1 fully saturated rings. The third kappa shape index (κ3) is 3.01. The molecule has 0 amide bonds. The van der Waals surface area contributed by atoms with Crippen molar-refractivity contribution in [2.45, 2.75) is 57.2 Å². The molecule has 134 valence electrons. The molecule has 0 unspecified atom stereocenters. The van der Waals surface area contributed by atoms with E-state index in [-0.39, 0.29) is 13.0 Å². The predicted molar refractivity (Wildman–Crippen MR) is 81.2 cm³/mol. The van der Waals surface area contributed by atoms with Crippen LogP contribution in [0.5, 0.6) is 0 Å². The molecule has 1 aromatic heterocycles. The van der Waals surface area contributed by atoms with Gasteiger partial charge >= 0.3 is 11.7 Å². The average molecular weight is 344 g/mol. The zero-order valence-electron chi connectivity index (χ0n) is 13.7. The molecule has 4 atom stereocenters. The summed E-state index contributed by atoms with van der Waals surface area (Å²) < 4.78 is 26.1. The van der Waals surface area contributed by atoms with Gasteiger partial charge in [0, 0.05) is 18.7 Å². The van der Waals surface area contributed by atoms with Crippen LogP contribution in [0.1, 0.15) is 39.8 Å². The molecule has 8 nitrogen and oxygen atoms in total. The molecule has 2 rings (SSSR count). The Bertz CT molecular complexity index is 695. The molecule has 0 spiro atoms. The van der Waals surface area contributed by atoms with Crippen LogP contribution in [0.15, 0.2) is 21.9 Å². The first kappa shape index (κ1) is 18.3. The highest BCUT2D eigenvalue weighted by molar-refractivity contribution is 5.69. The number of alkyl halides is 1. The van der Waals surface area contributed by atoms with Crippen LogP contribution < -0.4 is 11.2 Å². The number of H-pyrrole nitrogens is 1. The van der Waals surface area contributed by atoms with Gasteiger partial charge in [-0.2, -0.15) is 0 Å². The van der Waals surface area contributed by atoms with Crippen LogP contribution in [0, 0.1) is 0 Å². The third-order valence-corrected chi connectivity index (χ3v) is 4.35. The lowest BCUT2D eigenvalue weighted by atomic mass is 9.84. The summed E-state index contributed by atoms with van der Waals surface area (Å²) in [6.45, 7) is 3.62. The van der Waals surface area contributed by atoms with Crippen molar-refractivity contribution in [2.75, 3.05) is 6.61 Å². The van der Waals surface area contributed by atoms with Crippen LogP contribution in [0.3, 0.4) is 0 Å². The summed E-state index contributed by atoms with van der Waals surface area (Å²) in [6, 6.07) is 1.05. The summed E-state index contributed by atoms with van der Waals surface area (Å²) in [6.07, 6.45) is -0.986. The van der Waals surface area contributed by atoms with Gasteiger partial charge in [-0.15, -0.1) is 0 Å². The third-order valence-electron chi connectivity index (χ3n) is 4.35. The van der Waals surface area contributed by atoms with Crippen molar-refractivity contribution in [2.24, 2.45) is 0 Å². The molecule has 0 saturated carbocycles. The Labute approximate surface area is 137 Å². The second kappa shape index (κ2) is 6.48. The molecule has 0 bridgehead atoms. The van der Waals surface area contributed by atoms with Gasteiger partial charge in [0.25, 0.3) is 5.56 Å². The van der Waals surface area contributed by atoms with Crippen molar-refractivity contribution in [1.29, 1.82) is 0 Å². The van der Waals surface area contributed by atoms with E-state index in [0.717, 1.165) is 19.2 Å². The summed E-state index contributed by atoms with van der Waals surface area (Å²) in [5, 5.41) is 10.5. The van der Waals surface area contributed by atoms with E-state index < -0.39 is 40.8 Å². The largest absolute Gasteiger partial charge is 0.463 e. The lowest BCUT2D eigenvalue weighted by molar-refractivity contribution is -0.153. The fourth-order valence-electron chi connectivity index (χ4n) is 2.59. The number of hydrogen-bond donors (Lipinski definition) is 2. The van der Waals surface area contributed by atoms with Crippen LogP contribution in [0.4, 0.5) is 4.39 Å². The lowest BCUT2D eigenvalue weighted by Gasteiger charge is -2.32. The van der Waals surface area contributed by atoms with E-state index in [1.54, 1.807) is 6.92 Å². The number of hydrogen-bond acceptors (Lipinski definition) is 6. The second-order valence-electron chi connectivity index (χ2n) is 6.12. The predicted octanol–water partition coefficient (Wildman–Crippen LogP) is 0.256. The van der Waals surface area contributed by atoms with Gasteiger partial charge in [0.15, 0.2) is 11.9 Å². The van der Waals surface area contributed by atoms with Crippen molar-refractivity contribution >= 4 is 5.97 Å². The van der Waals surface area contributed by atoms with E-state index in [1.165, 1.54) is 6.92 Å². The van der Waals surface area contributed by atoms with Crippen molar-refractivity contribution in [1.82, 2.24) is 9.55 Å². The Morgan fingerprint density at radius 1 is 1.50 bits per heavy atom. The normalized spacial score (nSPS) is 32.7. The van der Waals surface area contributed by atoms with Crippen LogP contribution in [-0.2, 0) is 14.3 Å². The van der Waals surface area contributed by atoms with Crippen molar-refractivity contribution in [3.8, 4) is 0 Å². The summed E-state index contributed by atoms with van der Waals surface area (Å²) in [5.41, 5.74) is -6.18. The zero-order valence-corrected chi connectivity index (χ0v) is 13.7. The molecule has 0 radical (unpaired) electrons. The summed E-state index contributed by atoms with van der Waals surface area (Å²) in [5.74, 6) is -0.504. The minimum Gasteiger partial charge on any atom is -0.463 e. The van der Waals surface area contributed by atoms with Gasteiger partial charge in [-0.25, -0.2) is 13.8 Å². The van der Waals surface area contributed by atoms with E-state index in [2.05, 4.69) is 4.98 Å². The number of aromatic amines is 1. The minimum atomic E-state index is -2.47. The number of esters is 1. The molecule has 0 aliphatic carbocycles. The molecular formula is C15H21FN2O6. The number of ether oxygens (including phenoxy) is 2. The number of carbonyl (C=O) groups excluding carboxylic acids is 1. The molecule has 9 heteroatoms. The first-order chi connectivity index (χ1) is 11.1. The standard InChI is InChI=1S/C15H21FN2O6/c1-4-5-11(20)23-8-9-15(3,22)14(2,16)12(24-9)18-10(19)6-7-17-13(18)21/h6-7,9,12,22H,4-5,8H2,1-3H3,(H,17,21)/t9-,12-,14+,15-/m1/s1. The number of nitrogens with zero attached hydrogens (tertiary/aromatic N) is 1. The van der Waals surface area contributed by atoms with E-state index in [4.69, 9.17) is 9.47 Å². The summed E-state index contributed by atoms with van der Waals surface area (Å²) in [4.78, 5) is 37.5. The topological polar surface area (TPSA) is 111 Å². The first-order valence-electron chi connectivity index (χ1n) is 7.65. The summed E-state index contributed by atoms with van der Waals surface area (Å²) in [7, 11) is 0. The highest BCUT2D eigenvalue weighted by atomic mass is 19.1. The molecule has 2 heterocycles. The first-order valence-corrected chi connectivity index (χ1v) is 7.65. The maximum absolute atomic E-state index is 15.2.